The summed E-state index contributed by atoms with van der Waals surface area (Å²) in [6.45, 7) is 5.51. The number of carbonyl (C=O) groups is 2. The maximum atomic E-state index is 12.4. The van der Waals surface area contributed by atoms with E-state index in [-0.39, 0.29) is 18.6 Å². The SMILES string of the molecule is Cc1cc(C(=O)NC2CCC(C)CC2)cc(C)c1OCC(=O)O. The van der Waals surface area contributed by atoms with Crippen LogP contribution >= 0.6 is 0 Å². The highest BCUT2D eigenvalue weighted by atomic mass is 16.5. The maximum absolute atomic E-state index is 12.4. The van der Waals surface area contributed by atoms with Gasteiger partial charge in [-0.25, -0.2) is 4.79 Å². The van der Waals surface area contributed by atoms with Gasteiger partial charge >= 0.3 is 5.97 Å². The quantitative estimate of drug-likeness (QED) is 0.874. The number of hydrogen-bond donors (Lipinski definition) is 2. The molecule has 0 unspecified atom stereocenters. The summed E-state index contributed by atoms with van der Waals surface area (Å²) < 4.78 is 5.29. The van der Waals surface area contributed by atoms with Gasteiger partial charge in [0, 0.05) is 11.6 Å². The molecule has 5 nitrogen and oxygen atoms in total. The number of carbonyl (C=O) groups excluding carboxylic acids is 1. The molecule has 1 aromatic carbocycles. The summed E-state index contributed by atoms with van der Waals surface area (Å²) in [6, 6.07) is 3.76. The Labute approximate surface area is 137 Å². The monoisotopic (exact) mass is 319 g/mol. The van der Waals surface area contributed by atoms with Crippen molar-refractivity contribution in [2.75, 3.05) is 6.61 Å². The largest absolute Gasteiger partial charge is 0.481 e. The minimum absolute atomic E-state index is 0.0689. The normalized spacial score (nSPS) is 20.8. The number of hydrogen-bond acceptors (Lipinski definition) is 3. The van der Waals surface area contributed by atoms with Crippen LogP contribution in [0, 0.1) is 19.8 Å². The van der Waals surface area contributed by atoms with Crippen molar-refractivity contribution in [2.24, 2.45) is 5.92 Å². The molecular weight excluding hydrogens is 294 g/mol. The summed E-state index contributed by atoms with van der Waals surface area (Å²) in [6.07, 6.45) is 4.38. The molecule has 126 valence electrons. The van der Waals surface area contributed by atoms with E-state index in [9.17, 15) is 9.59 Å². The second-order valence-corrected chi connectivity index (χ2v) is 6.55. The van der Waals surface area contributed by atoms with E-state index in [1.807, 2.05) is 13.8 Å². The van der Waals surface area contributed by atoms with E-state index in [1.54, 1.807) is 12.1 Å². The van der Waals surface area contributed by atoms with Gasteiger partial charge in [0.25, 0.3) is 5.91 Å². The first-order chi connectivity index (χ1) is 10.9. The molecule has 23 heavy (non-hydrogen) atoms. The lowest BCUT2D eigenvalue weighted by Crippen LogP contribution is -2.37. The molecule has 0 aromatic heterocycles. The van der Waals surface area contributed by atoms with Gasteiger partial charge in [-0.15, -0.1) is 0 Å². The van der Waals surface area contributed by atoms with Crippen molar-refractivity contribution in [1.29, 1.82) is 0 Å². The van der Waals surface area contributed by atoms with Crippen molar-refractivity contribution in [2.45, 2.75) is 52.5 Å². The summed E-state index contributed by atoms with van der Waals surface area (Å²) in [5, 5.41) is 11.8. The molecule has 1 saturated carbocycles. The minimum Gasteiger partial charge on any atom is -0.481 e. The molecule has 0 spiro atoms. The Hall–Kier alpha value is -2.04. The Morgan fingerprint density at radius 1 is 1.17 bits per heavy atom. The summed E-state index contributed by atoms with van der Waals surface area (Å²) in [5.41, 5.74) is 2.14. The molecule has 1 aliphatic rings. The number of rotatable bonds is 5. The maximum Gasteiger partial charge on any atom is 0.341 e. The highest BCUT2D eigenvalue weighted by Gasteiger charge is 2.21. The van der Waals surface area contributed by atoms with Gasteiger partial charge < -0.3 is 15.2 Å². The lowest BCUT2D eigenvalue weighted by molar-refractivity contribution is -0.139. The Morgan fingerprint density at radius 3 is 2.26 bits per heavy atom. The zero-order valence-corrected chi connectivity index (χ0v) is 14.0. The predicted octanol–water partition coefficient (Wildman–Crippen LogP) is 3.08. The van der Waals surface area contributed by atoms with Crippen molar-refractivity contribution in [3.8, 4) is 5.75 Å². The van der Waals surface area contributed by atoms with Crippen molar-refractivity contribution < 1.29 is 19.4 Å². The predicted molar refractivity (Wildman–Crippen MR) is 87.9 cm³/mol. The number of benzene rings is 1. The lowest BCUT2D eigenvalue weighted by atomic mass is 9.87. The average molecular weight is 319 g/mol. The number of aryl methyl sites for hydroxylation is 2. The molecule has 2 rings (SSSR count). The number of ether oxygens (including phenoxy) is 1. The Balaban J connectivity index is 2.04. The molecular formula is C18H25NO4. The Morgan fingerprint density at radius 2 is 1.74 bits per heavy atom. The standard InChI is InChI=1S/C18H25NO4/c1-11-4-6-15(7-5-11)19-18(22)14-8-12(2)17(13(3)9-14)23-10-16(20)21/h8-9,11,15H,4-7,10H2,1-3H3,(H,19,22)(H,20,21). The first-order valence-corrected chi connectivity index (χ1v) is 8.13. The summed E-state index contributed by atoms with van der Waals surface area (Å²) in [7, 11) is 0. The van der Waals surface area contributed by atoms with E-state index >= 15 is 0 Å². The fourth-order valence-electron chi connectivity index (χ4n) is 3.12. The number of aliphatic carboxylic acids is 1. The van der Waals surface area contributed by atoms with Crippen LogP contribution in [-0.4, -0.2) is 29.6 Å². The molecule has 0 radical (unpaired) electrons. The van der Waals surface area contributed by atoms with Gasteiger partial charge in [-0.3, -0.25) is 4.79 Å². The number of nitrogens with one attached hydrogen (secondary N) is 1. The zero-order chi connectivity index (χ0) is 17.0. The molecule has 1 fully saturated rings. The van der Waals surface area contributed by atoms with Crippen LogP contribution in [0.1, 0.15) is 54.1 Å². The molecule has 0 atom stereocenters. The van der Waals surface area contributed by atoms with Crippen molar-refractivity contribution >= 4 is 11.9 Å². The van der Waals surface area contributed by atoms with Crippen LogP contribution in [0.2, 0.25) is 0 Å². The molecule has 0 bridgehead atoms. The van der Waals surface area contributed by atoms with Gasteiger partial charge in [0.2, 0.25) is 0 Å². The fourth-order valence-corrected chi connectivity index (χ4v) is 3.12. The summed E-state index contributed by atoms with van der Waals surface area (Å²) >= 11 is 0. The van der Waals surface area contributed by atoms with Crippen molar-refractivity contribution in [3.05, 3.63) is 28.8 Å². The zero-order valence-electron chi connectivity index (χ0n) is 14.0. The summed E-state index contributed by atoms with van der Waals surface area (Å²) in [5.74, 6) is 0.200. The molecule has 5 heteroatoms. The highest BCUT2D eigenvalue weighted by molar-refractivity contribution is 5.95. The first-order valence-electron chi connectivity index (χ1n) is 8.13. The van der Waals surface area contributed by atoms with Gasteiger partial charge in [-0.2, -0.15) is 0 Å². The first kappa shape index (κ1) is 17.3. The second kappa shape index (κ2) is 7.49. The van der Waals surface area contributed by atoms with Crippen LogP contribution in [-0.2, 0) is 4.79 Å². The molecule has 0 heterocycles. The molecule has 0 saturated heterocycles. The van der Waals surface area contributed by atoms with Gasteiger partial charge in [0.1, 0.15) is 5.75 Å². The van der Waals surface area contributed by atoms with E-state index in [4.69, 9.17) is 9.84 Å². The van der Waals surface area contributed by atoms with Gasteiger partial charge in [-0.05, 0) is 68.7 Å². The van der Waals surface area contributed by atoms with E-state index in [0.29, 0.717) is 11.3 Å². The number of carboxylic acids is 1. The van der Waals surface area contributed by atoms with Crippen molar-refractivity contribution in [1.82, 2.24) is 5.32 Å². The molecule has 2 N–H and O–H groups in total. The lowest BCUT2D eigenvalue weighted by Gasteiger charge is -2.27. The van der Waals surface area contributed by atoms with E-state index < -0.39 is 5.97 Å². The molecule has 0 aliphatic heterocycles. The topological polar surface area (TPSA) is 75.6 Å². The van der Waals surface area contributed by atoms with E-state index in [2.05, 4.69) is 12.2 Å². The number of carboxylic acid groups (broad SMARTS) is 1. The Bertz CT molecular complexity index is 566. The van der Waals surface area contributed by atoms with Crippen LogP contribution < -0.4 is 10.1 Å². The smallest absolute Gasteiger partial charge is 0.341 e. The van der Waals surface area contributed by atoms with Gasteiger partial charge in [0.15, 0.2) is 6.61 Å². The summed E-state index contributed by atoms with van der Waals surface area (Å²) in [4.78, 5) is 23.1. The molecule has 1 aromatic rings. The van der Waals surface area contributed by atoms with Crippen molar-refractivity contribution in [3.63, 3.8) is 0 Å². The highest BCUT2D eigenvalue weighted by Crippen LogP contribution is 2.26. The van der Waals surface area contributed by atoms with Crippen LogP contribution in [0.4, 0.5) is 0 Å². The minimum atomic E-state index is -1.02. The van der Waals surface area contributed by atoms with E-state index in [0.717, 1.165) is 42.7 Å². The van der Waals surface area contributed by atoms with Crippen LogP contribution in [0.15, 0.2) is 12.1 Å². The van der Waals surface area contributed by atoms with Crippen LogP contribution in [0.5, 0.6) is 5.75 Å². The fraction of sp³-hybridized carbons (Fsp3) is 0.556. The van der Waals surface area contributed by atoms with E-state index in [1.165, 1.54) is 0 Å². The second-order valence-electron chi connectivity index (χ2n) is 6.55. The van der Waals surface area contributed by atoms with Crippen LogP contribution in [0.3, 0.4) is 0 Å². The molecule has 1 amide bonds. The average Bonchev–Trinajstić information content (AvgIpc) is 2.48. The van der Waals surface area contributed by atoms with Gasteiger partial charge in [-0.1, -0.05) is 6.92 Å². The number of amides is 1. The van der Waals surface area contributed by atoms with Gasteiger partial charge in [0.05, 0.1) is 0 Å². The third-order valence-corrected chi connectivity index (χ3v) is 4.41. The van der Waals surface area contributed by atoms with Crippen LogP contribution in [0.25, 0.3) is 0 Å². The molecule has 1 aliphatic carbocycles. The Kier molecular flexibility index (Phi) is 5.64. The third kappa shape index (κ3) is 4.71. The third-order valence-electron chi connectivity index (χ3n) is 4.41.